The van der Waals surface area contributed by atoms with Crippen molar-refractivity contribution in [1.82, 2.24) is 14.3 Å². The van der Waals surface area contributed by atoms with E-state index >= 15 is 0 Å². The van der Waals surface area contributed by atoms with Gasteiger partial charge in [-0.05, 0) is 12.8 Å². The Labute approximate surface area is 101 Å². The minimum absolute atomic E-state index is 0.0182. The quantitative estimate of drug-likeness (QED) is 0.777. The zero-order valence-electron chi connectivity index (χ0n) is 9.61. The molecule has 94 valence electrons. The molecule has 0 unspecified atom stereocenters. The van der Waals surface area contributed by atoms with E-state index in [1.807, 2.05) is 0 Å². The van der Waals surface area contributed by atoms with E-state index in [1.165, 1.54) is 10.6 Å². The molecule has 0 N–H and O–H groups in total. The fourth-order valence-electron chi connectivity index (χ4n) is 1.80. The van der Waals surface area contributed by atoms with E-state index in [4.69, 9.17) is 4.74 Å². The van der Waals surface area contributed by atoms with Gasteiger partial charge in [0.05, 0.1) is 12.5 Å². The molecule has 6 nitrogen and oxygen atoms in total. The lowest BCUT2D eigenvalue weighted by molar-refractivity contribution is 0.129. The van der Waals surface area contributed by atoms with Crippen LogP contribution in [-0.4, -0.2) is 48.1 Å². The molecule has 2 rings (SSSR count). The lowest BCUT2D eigenvalue weighted by atomic mass is 10.1. The van der Waals surface area contributed by atoms with Gasteiger partial charge in [0.25, 0.3) is 0 Å². The summed E-state index contributed by atoms with van der Waals surface area (Å²) in [4.78, 5) is 7.93. The summed E-state index contributed by atoms with van der Waals surface area (Å²) in [6.45, 7) is 1.01. The van der Waals surface area contributed by atoms with Gasteiger partial charge in [-0.3, -0.25) is 4.98 Å². The monoisotopic (exact) mass is 257 g/mol. The van der Waals surface area contributed by atoms with Crippen molar-refractivity contribution >= 4 is 10.0 Å². The molecule has 0 atom stereocenters. The van der Waals surface area contributed by atoms with Crippen molar-refractivity contribution in [1.29, 1.82) is 0 Å². The van der Waals surface area contributed by atoms with E-state index in [9.17, 15) is 8.42 Å². The van der Waals surface area contributed by atoms with Crippen LogP contribution in [0.2, 0.25) is 0 Å². The molecule has 1 aromatic rings. The van der Waals surface area contributed by atoms with Crippen molar-refractivity contribution in [2.45, 2.75) is 18.9 Å². The third kappa shape index (κ3) is 3.37. The summed E-state index contributed by atoms with van der Waals surface area (Å²) < 4.78 is 29.7. The topological polar surface area (TPSA) is 72.4 Å². The molecule has 1 fully saturated rings. The molecule has 0 amide bonds. The highest BCUT2D eigenvalue weighted by atomic mass is 32.2. The van der Waals surface area contributed by atoms with Crippen LogP contribution in [0.1, 0.15) is 12.8 Å². The molecule has 0 radical (unpaired) electrons. The maximum atomic E-state index is 11.3. The zero-order chi connectivity index (χ0) is 12.3. The van der Waals surface area contributed by atoms with Crippen molar-refractivity contribution < 1.29 is 13.2 Å². The minimum atomic E-state index is -3.07. The molecule has 17 heavy (non-hydrogen) atoms. The number of nitrogens with zero attached hydrogens (tertiary/aromatic N) is 3. The number of hydrogen-bond acceptors (Lipinski definition) is 5. The Hall–Kier alpha value is -1.21. The maximum Gasteiger partial charge on any atom is 0.232 e. The summed E-state index contributed by atoms with van der Waals surface area (Å²) >= 11 is 0. The summed E-state index contributed by atoms with van der Waals surface area (Å²) in [6, 6.07) is 0. The molecule has 0 aliphatic carbocycles. The number of sulfonamides is 1. The Kier molecular flexibility index (Phi) is 3.58. The third-order valence-electron chi connectivity index (χ3n) is 2.70. The van der Waals surface area contributed by atoms with Gasteiger partial charge >= 0.3 is 0 Å². The second-order valence-electron chi connectivity index (χ2n) is 4.02. The van der Waals surface area contributed by atoms with E-state index in [0.717, 1.165) is 0 Å². The lowest BCUT2D eigenvalue weighted by Gasteiger charge is -2.29. The van der Waals surface area contributed by atoms with E-state index in [0.29, 0.717) is 31.8 Å². The van der Waals surface area contributed by atoms with Crippen molar-refractivity contribution in [3.05, 3.63) is 18.6 Å². The first kappa shape index (κ1) is 12.3. The molecule has 1 aliphatic heterocycles. The van der Waals surface area contributed by atoms with E-state index < -0.39 is 10.0 Å². The number of rotatable bonds is 3. The fraction of sp³-hybridized carbons (Fsp3) is 0.600. The number of piperidine rings is 1. The summed E-state index contributed by atoms with van der Waals surface area (Å²) in [5, 5.41) is 0. The van der Waals surface area contributed by atoms with Gasteiger partial charge in [-0.25, -0.2) is 17.7 Å². The molecule has 0 saturated carbocycles. The second-order valence-corrected chi connectivity index (χ2v) is 6.01. The van der Waals surface area contributed by atoms with Gasteiger partial charge in [0.1, 0.15) is 6.10 Å². The van der Waals surface area contributed by atoms with Gasteiger partial charge in [0.15, 0.2) is 0 Å². The SMILES string of the molecule is CS(=O)(=O)N1CCC(Oc2cnccn2)CC1. The molecular formula is C10H15N3O3S. The molecule has 0 spiro atoms. The van der Waals surface area contributed by atoms with Crippen LogP contribution < -0.4 is 4.74 Å². The van der Waals surface area contributed by atoms with Crippen LogP contribution in [0.5, 0.6) is 5.88 Å². The highest BCUT2D eigenvalue weighted by molar-refractivity contribution is 7.88. The molecule has 7 heteroatoms. The van der Waals surface area contributed by atoms with Gasteiger partial charge in [0, 0.05) is 25.5 Å². The van der Waals surface area contributed by atoms with Crippen molar-refractivity contribution in [3.63, 3.8) is 0 Å². The van der Waals surface area contributed by atoms with Crippen LogP contribution in [-0.2, 0) is 10.0 Å². The number of aromatic nitrogens is 2. The third-order valence-corrected chi connectivity index (χ3v) is 4.00. The molecule has 1 aromatic heterocycles. The Morgan fingerprint density at radius 3 is 2.59 bits per heavy atom. The predicted octanol–water partition coefficient (Wildman–Crippen LogP) is 0.279. The highest BCUT2D eigenvalue weighted by Crippen LogP contribution is 2.17. The molecule has 1 aliphatic rings. The number of ether oxygens (including phenoxy) is 1. The minimum Gasteiger partial charge on any atom is -0.473 e. The Balaban J connectivity index is 1.88. The van der Waals surface area contributed by atoms with E-state index in [-0.39, 0.29) is 6.10 Å². The smallest absolute Gasteiger partial charge is 0.232 e. The molecule has 0 bridgehead atoms. The van der Waals surface area contributed by atoms with Crippen molar-refractivity contribution in [2.24, 2.45) is 0 Å². The predicted molar refractivity (Wildman–Crippen MR) is 62.1 cm³/mol. The molecule has 1 saturated heterocycles. The highest BCUT2D eigenvalue weighted by Gasteiger charge is 2.25. The average Bonchev–Trinajstić information content (AvgIpc) is 2.30. The normalized spacial score (nSPS) is 19.1. The van der Waals surface area contributed by atoms with Crippen molar-refractivity contribution in [2.75, 3.05) is 19.3 Å². The van der Waals surface area contributed by atoms with E-state index in [2.05, 4.69) is 9.97 Å². The molecular weight excluding hydrogens is 242 g/mol. The molecule has 0 aromatic carbocycles. The van der Waals surface area contributed by atoms with Crippen LogP contribution in [0.3, 0.4) is 0 Å². The fourth-order valence-corrected chi connectivity index (χ4v) is 2.67. The first-order valence-corrected chi connectivity index (χ1v) is 7.28. The Morgan fingerprint density at radius 2 is 2.06 bits per heavy atom. The standard InChI is InChI=1S/C10H15N3O3S/c1-17(14,15)13-6-2-9(3-7-13)16-10-8-11-4-5-12-10/h4-5,8-9H,2-3,6-7H2,1H3. The Morgan fingerprint density at radius 1 is 1.35 bits per heavy atom. The van der Waals surface area contributed by atoms with Gasteiger partial charge in [-0.15, -0.1) is 0 Å². The van der Waals surface area contributed by atoms with E-state index in [1.54, 1.807) is 18.6 Å². The summed E-state index contributed by atoms with van der Waals surface area (Å²) in [5.74, 6) is 0.491. The van der Waals surface area contributed by atoms with Crippen LogP contribution >= 0.6 is 0 Å². The lowest BCUT2D eigenvalue weighted by Crippen LogP contribution is -2.41. The summed E-state index contributed by atoms with van der Waals surface area (Å²) in [6.07, 6.45) is 7.33. The van der Waals surface area contributed by atoms with Crippen LogP contribution in [0.25, 0.3) is 0 Å². The molecule has 2 heterocycles. The zero-order valence-corrected chi connectivity index (χ0v) is 10.4. The van der Waals surface area contributed by atoms with Gasteiger partial charge in [-0.2, -0.15) is 0 Å². The average molecular weight is 257 g/mol. The Bertz CT molecular complexity index is 455. The summed E-state index contributed by atoms with van der Waals surface area (Å²) in [7, 11) is -3.07. The van der Waals surface area contributed by atoms with Crippen LogP contribution in [0.15, 0.2) is 18.6 Å². The number of hydrogen-bond donors (Lipinski definition) is 0. The first-order chi connectivity index (χ1) is 8.05. The summed E-state index contributed by atoms with van der Waals surface area (Å²) in [5.41, 5.74) is 0. The van der Waals surface area contributed by atoms with Gasteiger partial charge in [-0.1, -0.05) is 0 Å². The van der Waals surface area contributed by atoms with Crippen LogP contribution in [0, 0.1) is 0 Å². The first-order valence-electron chi connectivity index (χ1n) is 5.43. The maximum absolute atomic E-state index is 11.3. The van der Waals surface area contributed by atoms with Crippen molar-refractivity contribution in [3.8, 4) is 5.88 Å². The largest absolute Gasteiger partial charge is 0.473 e. The van der Waals surface area contributed by atoms with Gasteiger partial charge in [0.2, 0.25) is 15.9 Å². The van der Waals surface area contributed by atoms with Gasteiger partial charge < -0.3 is 4.74 Å². The second kappa shape index (κ2) is 4.97. The van der Waals surface area contributed by atoms with Crippen LogP contribution in [0.4, 0.5) is 0 Å².